The molecule has 2 unspecified atom stereocenters. The number of hydrogen-bond acceptors (Lipinski definition) is 6. The molecule has 1 heterocycles. The molecule has 0 spiro atoms. The summed E-state index contributed by atoms with van der Waals surface area (Å²) in [6.07, 6.45) is 1.54. The fraction of sp³-hybridized carbons (Fsp3) is 0.733. The zero-order chi connectivity index (χ0) is 18.4. The second kappa shape index (κ2) is 18.1. The summed E-state index contributed by atoms with van der Waals surface area (Å²) >= 11 is 0. The van der Waals surface area contributed by atoms with Gasteiger partial charge >= 0.3 is 0 Å². The Bertz CT molecular complexity index is 403. The largest absolute Gasteiger partial charge is 0.370 e. The number of primary amides is 1. The lowest BCUT2D eigenvalue weighted by molar-refractivity contribution is -0.125. The molecule has 1 fully saturated rings. The first-order valence-corrected chi connectivity index (χ1v) is 7.58. The lowest BCUT2D eigenvalue weighted by Gasteiger charge is -2.07. The molecule has 0 aromatic rings. The maximum Gasteiger partial charge on any atom is 0.242 e. The van der Waals surface area contributed by atoms with Gasteiger partial charge in [0.05, 0.1) is 6.04 Å². The van der Waals surface area contributed by atoms with Crippen LogP contribution < -0.4 is 33.6 Å². The average Bonchev–Trinajstić information content (AvgIpc) is 2.99. The Labute approximate surface area is 150 Å². The standard InChI is InChI=1S/C6H13N3O2.C6H10N2O2.C2H6.CH4.H3N/c1-9-6(11)4(7)2-3-5(8)10;1-7-6(10)4-2-3-5(9)8-4;1-2;;/h4H,2-3,7H2,1H3,(H2,8,10)(H,9,11);4H,2-3H2,1H3,(H,7,10)(H,8,9);1-2H3;1H4;1H3. The van der Waals surface area contributed by atoms with Crippen LogP contribution in [0.5, 0.6) is 0 Å². The fourth-order valence-electron chi connectivity index (χ4n) is 1.60. The average molecular weight is 364 g/mol. The van der Waals surface area contributed by atoms with Gasteiger partial charge in [-0.2, -0.15) is 0 Å². The summed E-state index contributed by atoms with van der Waals surface area (Å²) in [7, 11) is 3.05. The van der Waals surface area contributed by atoms with Crippen LogP contribution in [0.1, 0.15) is 47.0 Å². The zero-order valence-electron chi connectivity index (χ0n) is 15.0. The SMILES string of the molecule is C.CC.CNC(=O)C(N)CCC(N)=O.CNC(=O)C1CCC(=O)N1.N. The van der Waals surface area contributed by atoms with Crippen molar-refractivity contribution in [3.8, 4) is 0 Å². The van der Waals surface area contributed by atoms with Crippen LogP contribution in [-0.2, 0) is 19.2 Å². The first kappa shape index (κ1) is 30.7. The molecule has 1 rings (SSSR count). The van der Waals surface area contributed by atoms with Crippen molar-refractivity contribution in [1.29, 1.82) is 0 Å². The number of rotatable bonds is 5. The molecule has 0 aromatic carbocycles. The summed E-state index contributed by atoms with van der Waals surface area (Å²) in [5, 5.41) is 7.40. The molecule has 0 saturated carbocycles. The van der Waals surface area contributed by atoms with Crippen molar-refractivity contribution in [2.24, 2.45) is 11.5 Å². The van der Waals surface area contributed by atoms with Crippen molar-refractivity contribution < 1.29 is 19.2 Å². The first-order valence-electron chi connectivity index (χ1n) is 7.58. The summed E-state index contributed by atoms with van der Waals surface area (Å²) in [6, 6.07) is -0.926. The molecule has 0 bridgehead atoms. The van der Waals surface area contributed by atoms with E-state index in [2.05, 4.69) is 16.0 Å². The number of nitrogens with two attached hydrogens (primary N) is 2. The van der Waals surface area contributed by atoms with E-state index >= 15 is 0 Å². The molecule has 1 aliphatic rings. The Hall–Kier alpha value is -2.20. The molecule has 10 N–H and O–H groups in total. The lowest BCUT2D eigenvalue weighted by Crippen LogP contribution is -2.39. The second-order valence-electron chi connectivity index (χ2n) is 4.50. The Morgan fingerprint density at radius 1 is 1.24 bits per heavy atom. The van der Waals surface area contributed by atoms with Gasteiger partial charge in [0, 0.05) is 26.9 Å². The third-order valence-electron chi connectivity index (χ3n) is 2.84. The Kier molecular flexibility index (Phi) is 22.2. The van der Waals surface area contributed by atoms with Gasteiger partial charge in [0.25, 0.3) is 0 Å². The summed E-state index contributed by atoms with van der Waals surface area (Å²) in [5.74, 6) is -0.852. The summed E-state index contributed by atoms with van der Waals surface area (Å²) < 4.78 is 0. The van der Waals surface area contributed by atoms with Gasteiger partial charge in [-0.25, -0.2) is 0 Å². The smallest absolute Gasteiger partial charge is 0.242 e. The van der Waals surface area contributed by atoms with Gasteiger partial charge in [0.1, 0.15) is 6.04 Å². The van der Waals surface area contributed by atoms with Gasteiger partial charge in [-0.3, -0.25) is 19.2 Å². The quantitative estimate of drug-likeness (QED) is 0.368. The van der Waals surface area contributed by atoms with Gasteiger partial charge in [-0.05, 0) is 12.8 Å². The van der Waals surface area contributed by atoms with Crippen LogP contribution >= 0.6 is 0 Å². The van der Waals surface area contributed by atoms with Crippen molar-refractivity contribution in [2.45, 2.75) is 59.0 Å². The van der Waals surface area contributed by atoms with E-state index < -0.39 is 11.9 Å². The minimum absolute atomic E-state index is 0. The van der Waals surface area contributed by atoms with Crippen molar-refractivity contribution in [3.05, 3.63) is 0 Å². The zero-order valence-corrected chi connectivity index (χ0v) is 15.0. The Balaban J connectivity index is -0.000000150. The van der Waals surface area contributed by atoms with E-state index in [9.17, 15) is 19.2 Å². The van der Waals surface area contributed by atoms with E-state index in [1.165, 1.54) is 7.05 Å². The normalized spacial score (nSPS) is 15.2. The molecule has 1 saturated heterocycles. The fourth-order valence-corrected chi connectivity index (χ4v) is 1.60. The van der Waals surface area contributed by atoms with Crippen LogP contribution in [0.2, 0.25) is 0 Å². The van der Waals surface area contributed by atoms with E-state index in [1.807, 2.05) is 13.8 Å². The van der Waals surface area contributed by atoms with Gasteiger partial charge in [0.15, 0.2) is 0 Å². The molecule has 4 amide bonds. The lowest BCUT2D eigenvalue weighted by atomic mass is 10.1. The third kappa shape index (κ3) is 15.1. The van der Waals surface area contributed by atoms with E-state index in [-0.39, 0.29) is 43.8 Å². The summed E-state index contributed by atoms with van der Waals surface area (Å²) in [5.41, 5.74) is 10.2. The highest BCUT2D eigenvalue weighted by atomic mass is 16.2. The molecule has 0 radical (unpaired) electrons. The van der Waals surface area contributed by atoms with Crippen molar-refractivity contribution in [2.75, 3.05) is 14.1 Å². The van der Waals surface area contributed by atoms with Crippen LogP contribution in [0.4, 0.5) is 0 Å². The monoisotopic (exact) mass is 364 g/mol. The molecule has 0 aromatic heterocycles. The molecule has 1 aliphatic heterocycles. The summed E-state index contributed by atoms with van der Waals surface area (Å²) in [6.45, 7) is 4.00. The Morgan fingerprint density at radius 2 is 1.76 bits per heavy atom. The summed E-state index contributed by atoms with van der Waals surface area (Å²) in [4.78, 5) is 42.4. The number of carbonyl (C=O) groups is 4. The van der Waals surface area contributed by atoms with E-state index in [0.717, 1.165) is 0 Å². The number of nitrogens with one attached hydrogen (secondary N) is 3. The van der Waals surface area contributed by atoms with Gasteiger partial charge in [-0.15, -0.1) is 0 Å². The number of hydrogen-bond donors (Lipinski definition) is 6. The number of likely N-dealkylation sites (N-methyl/N-ethyl adjacent to an activating group) is 2. The minimum Gasteiger partial charge on any atom is -0.370 e. The number of carbonyl (C=O) groups excluding carboxylic acids is 4. The molecular weight excluding hydrogens is 328 g/mol. The first-order chi connectivity index (χ1) is 10.8. The maximum atomic E-state index is 10.8. The van der Waals surface area contributed by atoms with E-state index in [1.54, 1.807) is 7.05 Å². The van der Waals surface area contributed by atoms with Crippen LogP contribution in [0.15, 0.2) is 0 Å². The van der Waals surface area contributed by atoms with E-state index in [4.69, 9.17) is 11.5 Å². The predicted molar refractivity (Wildman–Crippen MR) is 98.8 cm³/mol. The molecule has 2 atom stereocenters. The van der Waals surface area contributed by atoms with Crippen LogP contribution in [0, 0.1) is 0 Å². The van der Waals surface area contributed by atoms with Gasteiger partial charge < -0.3 is 33.6 Å². The second-order valence-corrected chi connectivity index (χ2v) is 4.50. The van der Waals surface area contributed by atoms with Crippen LogP contribution in [0.25, 0.3) is 0 Å². The molecule has 150 valence electrons. The van der Waals surface area contributed by atoms with Crippen molar-refractivity contribution >= 4 is 23.6 Å². The highest BCUT2D eigenvalue weighted by Gasteiger charge is 2.25. The highest BCUT2D eigenvalue weighted by molar-refractivity contribution is 5.90. The molecule has 10 heteroatoms. The number of amides is 4. The van der Waals surface area contributed by atoms with E-state index in [0.29, 0.717) is 19.3 Å². The predicted octanol–water partition coefficient (Wildman–Crippen LogP) is -0.839. The Morgan fingerprint density at radius 3 is 2.08 bits per heavy atom. The topological polar surface area (TPSA) is 191 Å². The van der Waals surface area contributed by atoms with Crippen LogP contribution in [-0.4, -0.2) is 49.8 Å². The molecule has 10 nitrogen and oxygen atoms in total. The van der Waals surface area contributed by atoms with Crippen molar-refractivity contribution in [1.82, 2.24) is 22.1 Å². The van der Waals surface area contributed by atoms with Gasteiger partial charge in [0.2, 0.25) is 23.6 Å². The molecule has 25 heavy (non-hydrogen) atoms. The third-order valence-corrected chi connectivity index (χ3v) is 2.84. The van der Waals surface area contributed by atoms with Crippen LogP contribution in [0.3, 0.4) is 0 Å². The molecular formula is C15H36N6O4. The highest BCUT2D eigenvalue weighted by Crippen LogP contribution is 2.05. The maximum absolute atomic E-state index is 10.8. The van der Waals surface area contributed by atoms with Crippen molar-refractivity contribution in [3.63, 3.8) is 0 Å². The minimum atomic E-state index is -0.632. The van der Waals surface area contributed by atoms with Gasteiger partial charge in [-0.1, -0.05) is 21.3 Å². The molecule has 0 aliphatic carbocycles.